The lowest BCUT2D eigenvalue weighted by molar-refractivity contribution is 0.0734. The topological polar surface area (TPSA) is 59.2 Å². The lowest BCUT2D eigenvalue weighted by Gasteiger charge is -2.18. The molecule has 5 heteroatoms. The molecule has 1 heterocycles. The molecule has 116 valence electrons. The molecule has 1 aromatic heterocycles. The van der Waals surface area contributed by atoms with Crippen LogP contribution in [0.5, 0.6) is 0 Å². The molecule has 0 N–H and O–H groups in total. The fraction of sp³-hybridized carbons (Fsp3) is 0.167. The normalized spacial score (nSPS) is 10.5. The maximum atomic E-state index is 12.5. The van der Waals surface area contributed by atoms with Gasteiger partial charge in [-0.3, -0.25) is 4.79 Å². The molecule has 0 atom stereocenters. The molecule has 2 aromatic carbocycles. The summed E-state index contributed by atoms with van der Waals surface area (Å²) in [6.45, 7) is 2.79. The molecule has 23 heavy (non-hydrogen) atoms. The Balaban J connectivity index is 1.75. The van der Waals surface area contributed by atoms with E-state index in [1.807, 2.05) is 55.5 Å². The summed E-state index contributed by atoms with van der Waals surface area (Å²) >= 11 is 0. The van der Waals surface area contributed by atoms with Crippen molar-refractivity contribution in [2.24, 2.45) is 0 Å². The largest absolute Gasteiger partial charge is 0.337 e. The number of aromatic nitrogens is 2. The van der Waals surface area contributed by atoms with Gasteiger partial charge in [-0.15, -0.1) is 0 Å². The van der Waals surface area contributed by atoms with Gasteiger partial charge in [0.2, 0.25) is 11.7 Å². The van der Waals surface area contributed by atoms with Crippen LogP contribution in [-0.4, -0.2) is 27.5 Å². The standard InChI is InChI=1S/C18H17N3O2/c1-2-21(18(22)15-11-7-4-8-12-15)13-16-19-17(20-23-16)14-9-5-3-6-10-14/h3-12H,2,13H2,1H3. The Morgan fingerprint density at radius 2 is 1.70 bits per heavy atom. The molecule has 0 bridgehead atoms. The van der Waals surface area contributed by atoms with Crippen LogP contribution in [0, 0.1) is 0 Å². The zero-order valence-corrected chi connectivity index (χ0v) is 12.8. The van der Waals surface area contributed by atoms with Crippen LogP contribution in [0.4, 0.5) is 0 Å². The number of carbonyl (C=O) groups excluding carboxylic acids is 1. The van der Waals surface area contributed by atoms with E-state index in [9.17, 15) is 4.79 Å². The van der Waals surface area contributed by atoms with Gasteiger partial charge in [0.15, 0.2) is 0 Å². The van der Waals surface area contributed by atoms with Crippen LogP contribution < -0.4 is 0 Å². The van der Waals surface area contributed by atoms with E-state index >= 15 is 0 Å². The van der Waals surface area contributed by atoms with E-state index in [1.165, 1.54) is 0 Å². The predicted molar refractivity (Wildman–Crippen MR) is 86.6 cm³/mol. The predicted octanol–water partition coefficient (Wildman–Crippen LogP) is 3.40. The smallest absolute Gasteiger partial charge is 0.254 e. The van der Waals surface area contributed by atoms with Gasteiger partial charge in [0.25, 0.3) is 5.91 Å². The van der Waals surface area contributed by atoms with Crippen molar-refractivity contribution < 1.29 is 9.32 Å². The molecule has 5 nitrogen and oxygen atoms in total. The SMILES string of the molecule is CCN(Cc1nc(-c2ccccc2)no1)C(=O)c1ccccc1. The number of amides is 1. The third-order valence-electron chi connectivity index (χ3n) is 3.52. The van der Waals surface area contributed by atoms with Crippen LogP contribution in [-0.2, 0) is 6.54 Å². The number of hydrogen-bond donors (Lipinski definition) is 0. The summed E-state index contributed by atoms with van der Waals surface area (Å²) in [5, 5.41) is 3.98. The molecule has 3 rings (SSSR count). The molecule has 3 aromatic rings. The highest BCUT2D eigenvalue weighted by Crippen LogP contribution is 2.16. The Hall–Kier alpha value is -2.95. The number of carbonyl (C=O) groups is 1. The Morgan fingerprint density at radius 3 is 2.35 bits per heavy atom. The van der Waals surface area contributed by atoms with Gasteiger partial charge in [0.05, 0.1) is 0 Å². The maximum Gasteiger partial charge on any atom is 0.254 e. The van der Waals surface area contributed by atoms with E-state index in [-0.39, 0.29) is 5.91 Å². The van der Waals surface area contributed by atoms with Crippen molar-refractivity contribution in [2.75, 3.05) is 6.54 Å². The molecular weight excluding hydrogens is 290 g/mol. The molecular formula is C18H17N3O2. The minimum Gasteiger partial charge on any atom is -0.337 e. The highest BCUT2D eigenvalue weighted by atomic mass is 16.5. The van der Waals surface area contributed by atoms with Gasteiger partial charge in [-0.25, -0.2) is 0 Å². The summed E-state index contributed by atoms with van der Waals surface area (Å²) in [6.07, 6.45) is 0. The second-order valence-electron chi connectivity index (χ2n) is 5.06. The first kappa shape index (κ1) is 15.0. The molecule has 0 saturated carbocycles. The molecule has 0 aliphatic carbocycles. The van der Waals surface area contributed by atoms with Gasteiger partial charge in [-0.1, -0.05) is 53.7 Å². The first-order valence-electron chi connectivity index (χ1n) is 7.50. The fourth-order valence-electron chi connectivity index (χ4n) is 2.28. The Labute approximate surface area is 134 Å². The maximum absolute atomic E-state index is 12.5. The van der Waals surface area contributed by atoms with Crippen molar-refractivity contribution in [2.45, 2.75) is 13.5 Å². The van der Waals surface area contributed by atoms with Crippen LogP contribution in [0.2, 0.25) is 0 Å². The molecule has 0 radical (unpaired) electrons. The number of hydrogen-bond acceptors (Lipinski definition) is 4. The number of nitrogens with zero attached hydrogens (tertiary/aromatic N) is 3. The van der Waals surface area contributed by atoms with Crippen LogP contribution >= 0.6 is 0 Å². The van der Waals surface area contributed by atoms with Gasteiger partial charge in [-0.05, 0) is 19.1 Å². The minimum absolute atomic E-state index is 0.0486. The van der Waals surface area contributed by atoms with Crippen molar-refractivity contribution >= 4 is 5.91 Å². The zero-order chi connectivity index (χ0) is 16.1. The molecule has 0 aliphatic rings. The van der Waals surface area contributed by atoms with E-state index in [1.54, 1.807) is 17.0 Å². The van der Waals surface area contributed by atoms with Crippen LogP contribution in [0.15, 0.2) is 65.2 Å². The fourth-order valence-corrected chi connectivity index (χ4v) is 2.28. The van der Waals surface area contributed by atoms with E-state index in [0.29, 0.717) is 30.4 Å². The van der Waals surface area contributed by atoms with Gasteiger partial charge < -0.3 is 9.42 Å². The first-order chi connectivity index (χ1) is 11.3. The van der Waals surface area contributed by atoms with E-state index in [2.05, 4.69) is 10.1 Å². The van der Waals surface area contributed by atoms with Gasteiger partial charge >= 0.3 is 0 Å². The Bertz CT molecular complexity index is 769. The average molecular weight is 307 g/mol. The molecule has 0 unspecified atom stereocenters. The van der Waals surface area contributed by atoms with Crippen molar-refractivity contribution in [3.05, 3.63) is 72.1 Å². The summed E-state index contributed by atoms with van der Waals surface area (Å²) in [4.78, 5) is 18.5. The van der Waals surface area contributed by atoms with E-state index in [0.717, 1.165) is 5.56 Å². The monoisotopic (exact) mass is 307 g/mol. The quantitative estimate of drug-likeness (QED) is 0.725. The third-order valence-corrected chi connectivity index (χ3v) is 3.52. The number of benzene rings is 2. The summed E-state index contributed by atoms with van der Waals surface area (Å²) in [5.74, 6) is 0.909. The second-order valence-corrected chi connectivity index (χ2v) is 5.06. The summed E-state index contributed by atoms with van der Waals surface area (Å²) in [5.41, 5.74) is 1.54. The second kappa shape index (κ2) is 6.87. The lowest BCUT2D eigenvalue weighted by atomic mass is 10.2. The van der Waals surface area contributed by atoms with Crippen molar-refractivity contribution in [3.63, 3.8) is 0 Å². The van der Waals surface area contributed by atoms with E-state index < -0.39 is 0 Å². The highest BCUT2D eigenvalue weighted by molar-refractivity contribution is 5.94. The summed E-state index contributed by atoms with van der Waals surface area (Å²) in [6, 6.07) is 18.8. The molecule has 0 spiro atoms. The zero-order valence-electron chi connectivity index (χ0n) is 12.8. The molecule has 0 fully saturated rings. The Morgan fingerprint density at radius 1 is 1.04 bits per heavy atom. The molecule has 0 aliphatic heterocycles. The average Bonchev–Trinajstić information content (AvgIpc) is 3.09. The molecule has 0 saturated heterocycles. The van der Waals surface area contributed by atoms with Crippen LogP contribution in [0.25, 0.3) is 11.4 Å². The Kier molecular flexibility index (Phi) is 4.47. The molecule has 1 amide bonds. The van der Waals surface area contributed by atoms with Crippen LogP contribution in [0.3, 0.4) is 0 Å². The third kappa shape index (κ3) is 3.45. The van der Waals surface area contributed by atoms with Gasteiger partial charge in [0.1, 0.15) is 6.54 Å². The van der Waals surface area contributed by atoms with E-state index in [4.69, 9.17) is 4.52 Å². The minimum atomic E-state index is -0.0486. The number of rotatable bonds is 5. The first-order valence-corrected chi connectivity index (χ1v) is 7.50. The summed E-state index contributed by atoms with van der Waals surface area (Å²) in [7, 11) is 0. The van der Waals surface area contributed by atoms with Crippen molar-refractivity contribution in [1.82, 2.24) is 15.0 Å². The highest BCUT2D eigenvalue weighted by Gasteiger charge is 2.17. The van der Waals surface area contributed by atoms with Gasteiger partial charge in [0, 0.05) is 17.7 Å². The van der Waals surface area contributed by atoms with Crippen molar-refractivity contribution in [1.29, 1.82) is 0 Å². The van der Waals surface area contributed by atoms with Crippen LogP contribution in [0.1, 0.15) is 23.2 Å². The summed E-state index contributed by atoms with van der Waals surface area (Å²) < 4.78 is 5.28. The van der Waals surface area contributed by atoms with Crippen molar-refractivity contribution in [3.8, 4) is 11.4 Å². The van der Waals surface area contributed by atoms with Gasteiger partial charge in [-0.2, -0.15) is 4.98 Å². The lowest BCUT2D eigenvalue weighted by Crippen LogP contribution is -2.30.